The average molecular weight is 599 g/mol. The first kappa shape index (κ1) is 35.3. The first-order valence-electron chi connectivity index (χ1n) is 14.0. The molecule has 0 amide bonds. The number of aliphatic hydroxyl groups excluding tert-OH is 2. The summed E-state index contributed by atoms with van der Waals surface area (Å²) in [5, 5.41) is 17.5. The third-order valence-corrected chi connectivity index (χ3v) is 6.62. The molecule has 2 unspecified atom stereocenters. The van der Waals surface area contributed by atoms with Gasteiger partial charge in [-0.3, -0.25) is 0 Å². The van der Waals surface area contributed by atoms with E-state index in [1.807, 2.05) is 60.7 Å². The van der Waals surface area contributed by atoms with Gasteiger partial charge in [0, 0.05) is 0 Å². The highest BCUT2D eigenvalue weighted by molar-refractivity contribution is 8.00. The Kier molecular flexibility index (Phi) is 22.2. The van der Waals surface area contributed by atoms with Gasteiger partial charge >= 0.3 is 0 Å². The fourth-order valence-electron chi connectivity index (χ4n) is 3.38. The highest BCUT2D eigenvalue weighted by Gasteiger charge is 2.20. The lowest BCUT2D eigenvalue weighted by Crippen LogP contribution is -2.30. The van der Waals surface area contributed by atoms with Crippen molar-refractivity contribution in [2.24, 2.45) is 0 Å². The van der Waals surface area contributed by atoms with Crippen molar-refractivity contribution < 1.29 is 48.1 Å². The van der Waals surface area contributed by atoms with Gasteiger partial charge in [-0.2, -0.15) is 0 Å². The van der Waals surface area contributed by atoms with Crippen LogP contribution in [0.4, 0.5) is 0 Å². The quantitative estimate of drug-likeness (QED) is 0.141. The van der Waals surface area contributed by atoms with Crippen LogP contribution < -0.4 is 9.47 Å². The summed E-state index contributed by atoms with van der Waals surface area (Å²) >= 11 is 1.71. The summed E-state index contributed by atoms with van der Waals surface area (Å²) in [5.74, 6) is 1.61. The predicted molar refractivity (Wildman–Crippen MR) is 158 cm³/mol. The van der Waals surface area contributed by atoms with Crippen molar-refractivity contribution in [3.63, 3.8) is 0 Å². The van der Waals surface area contributed by atoms with Gasteiger partial charge in [0.15, 0.2) is 0 Å². The van der Waals surface area contributed by atoms with Gasteiger partial charge in [-0.15, -0.1) is 11.8 Å². The van der Waals surface area contributed by atoms with E-state index in [0.717, 1.165) is 11.5 Å². The van der Waals surface area contributed by atoms with E-state index in [4.69, 9.17) is 48.1 Å². The van der Waals surface area contributed by atoms with Crippen molar-refractivity contribution in [2.75, 3.05) is 106 Å². The van der Waals surface area contributed by atoms with Gasteiger partial charge < -0.3 is 48.1 Å². The summed E-state index contributed by atoms with van der Waals surface area (Å²) in [6, 6.07) is 19.4. The summed E-state index contributed by atoms with van der Waals surface area (Å²) in [7, 11) is 0. The van der Waals surface area contributed by atoms with Gasteiger partial charge in [0.2, 0.25) is 0 Å². The highest BCUT2D eigenvalue weighted by atomic mass is 32.2. The zero-order valence-corrected chi connectivity index (χ0v) is 24.6. The van der Waals surface area contributed by atoms with Gasteiger partial charge in [0.05, 0.1) is 103 Å². The second kappa shape index (κ2) is 25.8. The molecule has 0 spiro atoms. The third-order valence-electron chi connectivity index (χ3n) is 5.31. The van der Waals surface area contributed by atoms with Crippen molar-refractivity contribution in [3.8, 4) is 11.5 Å². The molecule has 232 valence electrons. The van der Waals surface area contributed by atoms with E-state index in [1.54, 1.807) is 11.8 Å². The fraction of sp³-hybridized carbons (Fsp3) is 0.600. The predicted octanol–water partition coefficient (Wildman–Crippen LogP) is 2.70. The Balaban J connectivity index is 1.83. The van der Waals surface area contributed by atoms with Gasteiger partial charge in [-0.1, -0.05) is 36.4 Å². The first-order valence-corrected chi connectivity index (χ1v) is 15.0. The van der Waals surface area contributed by atoms with Crippen LogP contribution in [0.15, 0.2) is 60.7 Å². The van der Waals surface area contributed by atoms with Crippen molar-refractivity contribution in [2.45, 2.75) is 10.5 Å². The maximum absolute atomic E-state index is 8.75. The topological polar surface area (TPSA) is 114 Å². The largest absolute Gasteiger partial charge is 0.492 e. The Morgan fingerprint density at radius 1 is 0.439 bits per heavy atom. The van der Waals surface area contributed by atoms with Crippen LogP contribution in [0.25, 0.3) is 0 Å². The van der Waals surface area contributed by atoms with Crippen molar-refractivity contribution >= 4 is 11.8 Å². The van der Waals surface area contributed by atoms with Crippen LogP contribution in [0.5, 0.6) is 11.5 Å². The average Bonchev–Trinajstić information content (AvgIpc) is 3.01. The summed E-state index contributed by atoms with van der Waals surface area (Å²) in [6.07, 6.45) is 0. The molecule has 2 aromatic rings. The van der Waals surface area contributed by atoms with Crippen LogP contribution >= 0.6 is 11.8 Å². The molecule has 2 N–H and O–H groups in total. The van der Waals surface area contributed by atoms with E-state index in [-0.39, 0.29) is 23.7 Å². The number of ether oxygens (including phenoxy) is 8. The molecule has 0 aliphatic rings. The number of para-hydroxylation sites is 2. The molecular formula is C30H46O10S. The van der Waals surface area contributed by atoms with Crippen molar-refractivity contribution in [3.05, 3.63) is 60.7 Å². The smallest absolute Gasteiger partial charge is 0.119 e. The van der Waals surface area contributed by atoms with E-state index < -0.39 is 0 Å². The van der Waals surface area contributed by atoms with Crippen LogP contribution in [-0.2, 0) is 28.4 Å². The fourth-order valence-corrected chi connectivity index (χ4v) is 4.56. The zero-order chi connectivity index (χ0) is 29.1. The molecule has 0 bridgehead atoms. The van der Waals surface area contributed by atoms with Crippen molar-refractivity contribution in [1.82, 2.24) is 0 Å². The van der Waals surface area contributed by atoms with E-state index in [1.165, 1.54) is 0 Å². The lowest BCUT2D eigenvalue weighted by atomic mass is 10.3. The zero-order valence-electron chi connectivity index (χ0n) is 23.8. The third kappa shape index (κ3) is 19.8. The number of hydrogen-bond acceptors (Lipinski definition) is 11. The Labute approximate surface area is 248 Å². The molecule has 0 saturated carbocycles. The Bertz CT molecular complexity index is 750. The molecule has 11 heteroatoms. The lowest BCUT2D eigenvalue weighted by molar-refractivity contribution is 0.00602. The van der Waals surface area contributed by atoms with Gasteiger partial charge in [0.25, 0.3) is 0 Å². The number of benzene rings is 2. The monoisotopic (exact) mass is 598 g/mol. The van der Waals surface area contributed by atoms with Crippen LogP contribution in [0.3, 0.4) is 0 Å². The molecule has 2 aromatic carbocycles. The van der Waals surface area contributed by atoms with Crippen LogP contribution in [0, 0.1) is 0 Å². The van der Waals surface area contributed by atoms with Gasteiger partial charge in [-0.25, -0.2) is 0 Å². The number of aliphatic hydroxyl groups is 2. The van der Waals surface area contributed by atoms with Crippen LogP contribution in [-0.4, -0.2) is 126 Å². The van der Waals surface area contributed by atoms with Gasteiger partial charge in [-0.05, 0) is 24.3 Å². The summed E-state index contributed by atoms with van der Waals surface area (Å²) in [5.41, 5.74) is 0. The minimum atomic E-state index is 0.00493. The van der Waals surface area contributed by atoms with E-state index in [0.29, 0.717) is 92.5 Å². The molecule has 0 aliphatic heterocycles. The second-order valence-electron chi connectivity index (χ2n) is 8.67. The molecule has 0 heterocycles. The van der Waals surface area contributed by atoms with Crippen LogP contribution in [0.2, 0.25) is 0 Å². The van der Waals surface area contributed by atoms with Gasteiger partial charge in [0.1, 0.15) is 24.7 Å². The first-order chi connectivity index (χ1) is 20.3. The van der Waals surface area contributed by atoms with E-state index >= 15 is 0 Å². The lowest BCUT2D eigenvalue weighted by Gasteiger charge is -2.24. The molecule has 0 aliphatic carbocycles. The maximum atomic E-state index is 8.75. The maximum Gasteiger partial charge on any atom is 0.119 e. The molecular weight excluding hydrogens is 552 g/mol. The molecule has 2 rings (SSSR count). The molecule has 0 aromatic heterocycles. The standard InChI is InChI=1S/C30H46O10S/c31-11-13-33-15-17-35-19-21-37-23-29(25-39-27-7-3-1-4-8-27)41-30(26-40-28-9-5-2-6-10-28)24-38-22-20-36-18-16-34-14-12-32/h1-10,29-32H,11-26H2. The minimum Gasteiger partial charge on any atom is -0.492 e. The molecule has 0 fully saturated rings. The minimum absolute atomic E-state index is 0.00493. The van der Waals surface area contributed by atoms with Crippen LogP contribution in [0.1, 0.15) is 0 Å². The Morgan fingerprint density at radius 2 is 0.780 bits per heavy atom. The number of rotatable bonds is 28. The van der Waals surface area contributed by atoms with E-state index in [2.05, 4.69) is 0 Å². The molecule has 0 saturated heterocycles. The van der Waals surface area contributed by atoms with E-state index in [9.17, 15) is 0 Å². The molecule has 2 atom stereocenters. The Hall–Kier alpha value is -1.93. The number of thioether (sulfide) groups is 1. The Morgan fingerprint density at radius 3 is 1.15 bits per heavy atom. The number of hydrogen-bond donors (Lipinski definition) is 2. The van der Waals surface area contributed by atoms with Crippen molar-refractivity contribution in [1.29, 1.82) is 0 Å². The summed E-state index contributed by atoms with van der Waals surface area (Å²) in [6.45, 7) is 6.09. The highest BCUT2D eigenvalue weighted by Crippen LogP contribution is 2.22. The summed E-state index contributed by atoms with van der Waals surface area (Å²) < 4.78 is 45.5. The normalized spacial score (nSPS) is 12.7. The SMILES string of the molecule is OCCOCCOCCOCC(COc1ccccc1)SC(COCCOCCOCCO)COc1ccccc1. The molecule has 0 radical (unpaired) electrons. The molecule has 41 heavy (non-hydrogen) atoms. The summed E-state index contributed by atoms with van der Waals surface area (Å²) in [4.78, 5) is 0. The second-order valence-corrected chi connectivity index (χ2v) is 10.3. The molecule has 10 nitrogen and oxygen atoms in total.